The summed E-state index contributed by atoms with van der Waals surface area (Å²) in [7, 11) is 1.99. The van der Waals surface area contributed by atoms with Crippen LogP contribution in [-0.2, 0) is 20.1 Å². The van der Waals surface area contributed by atoms with Gasteiger partial charge in [-0.25, -0.2) is 0 Å². The zero-order valence-corrected chi connectivity index (χ0v) is 12.4. The molecule has 19 heavy (non-hydrogen) atoms. The third-order valence-electron chi connectivity index (χ3n) is 3.54. The molecular formula is C14H22N4O. The molecule has 2 aromatic heterocycles. The van der Waals surface area contributed by atoms with Crippen molar-refractivity contribution in [2.75, 3.05) is 6.54 Å². The molecule has 0 bridgehead atoms. The molecule has 2 aromatic rings. The molecule has 104 valence electrons. The summed E-state index contributed by atoms with van der Waals surface area (Å²) in [4.78, 5) is 2.33. The van der Waals surface area contributed by atoms with Crippen LogP contribution in [0.3, 0.4) is 0 Å². The summed E-state index contributed by atoms with van der Waals surface area (Å²) in [5.41, 5.74) is 4.57. The van der Waals surface area contributed by atoms with Gasteiger partial charge in [-0.15, -0.1) is 0 Å². The molecule has 0 spiro atoms. The minimum absolute atomic E-state index is 0.783. The maximum atomic E-state index is 5.29. The van der Waals surface area contributed by atoms with Crippen molar-refractivity contribution in [2.45, 2.75) is 40.8 Å². The fourth-order valence-electron chi connectivity index (χ4n) is 2.26. The zero-order valence-electron chi connectivity index (χ0n) is 12.4. The number of hydrogen-bond donors (Lipinski definition) is 0. The van der Waals surface area contributed by atoms with E-state index in [0.717, 1.165) is 36.8 Å². The van der Waals surface area contributed by atoms with Crippen LogP contribution < -0.4 is 0 Å². The van der Waals surface area contributed by atoms with Crippen LogP contribution in [0.25, 0.3) is 0 Å². The van der Waals surface area contributed by atoms with Crippen LogP contribution in [0.2, 0.25) is 0 Å². The van der Waals surface area contributed by atoms with Crippen molar-refractivity contribution >= 4 is 0 Å². The topological polar surface area (TPSA) is 47.1 Å². The highest BCUT2D eigenvalue weighted by Gasteiger charge is 2.14. The molecule has 0 N–H and O–H groups in total. The second-order valence-corrected chi connectivity index (χ2v) is 5.01. The van der Waals surface area contributed by atoms with E-state index < -0.39 is 0 Å². The van der Waals surface area contributed by atoms with Crippen LogP contribution in [0, 0.1) is 20.8 Å². The highest BCUT2D eigenvalue weighted by molar-refractivity contribution is 5.24. The van der Waals surface area contributed by atoms with Crippen molar-refractivity contribution in [3.8, 4) is 0 Å². The van der Waals surface area contributed by atoms with E-state index >= 15 is 0 Å². The molecule has 0 saturated carbocycles. The molecule has 0 fully saturated rings. The lowest BCUT2D eigenvalue weighted by Gasteiger charge is -2.19. The second-order valence-electron chi connectivity index (χ2n) is 5.01. The van der Waals surface area contributed by atoms with Gasteiger partial charge >= 0.3 is 0 Å². The molecule has 5 nitrogen and oxygen atoms in total. The van der Waals surface area contributed by atoms with Crippen molar-refractivity contribution in [1.29, 1.82) is 0 Å². The number of aryl methyl sites for hydroxylation is 3. The summed E-state index contributed by atoms with van der Waals surface area (Å²) in [5, 5.41) is 8.40. The predicted octanol–water partition coefficient (Wildman–Crippen LogP) is 2.36. The first-order chi connectivity index (χ1) is 9.01. The molecule has 0 radical (unpaired) electrons. The minimum atomic E-state index is 0.783. The molecule has 0 unspecified atom stereocenters. The van der Waals surface area contributed by atoms with Gasteiger partial charge in [0.2, 0.25) is 0 Å². The van der Waals surface area contributed by atoms with E-state index in [1.165, 1.54) is 11.3 Å². The Balaban J connectivity index is 2.10. The van der Waals surface area contributed by atoms with Crippen molar-refractivity contribution < 1.29 is 4.52 Å². The maximum Gasteiger partial charge on any atom is 0.150 e. The number of aromatic nitrogens is 3. The number of rotatable bonds is 5. The van der Waals surface area contributed by atoms with Gasteiger partial charge in [0.05, 0.1) is 17.9 Å². The molecule has 0 saturated heterocycles. The molecule has 0 atom stereocenters. The van der Waals surface area contributed by atoms with Gasteiger partial charge in [-0.05, 0) is 27.3 Å². The SMILES string of the molecule is CCN(Cc1cc(C)no1)Cc1c(C)nn(C)c1C. The lowest BCUT2D eigenvalue weighted by atomic mass is 10.2. The van der Waals surface area contributed by atoms with E-state index in [1.54, 1.807) is 0 Å². The molecule has 0 aliphatic carbocycles. The summed E-state index contributed by atoms with van der Waals surface area (Å²) >= 11 is 0. The molecule has 2 rings (SSSR count). The van der Waals surface area contributed by atoms with Gasteiger partial charge in [-0.3, -0.25) is 9.58 Å². The first-order valence-electron chi connectivity index (χ1n) is 6.64. The number of hydrogen-bond acceptors (Lipinski definition) is 4. The largest absolute Gasteiger partial charge is 0.360 e. The molecular weight excluding hydrogens is 240 g/mol. The Hall–Kier alpha value is -1.62. The standard InChI is InChI=1S/C14H22N4O/c1-6-18(8-13-7-10(2)16-19-13)9-14-11(3)15-17(5)12(14)4/h7H,6,8-9H2,1-5H3. The second kappa shape index (κ2) is 5.57. The van der Waals surface area contributed by atoms with Crippen molar-refractivity contribution in [3.63, 3.8) is 0 Å². The predicted molar refractivity (Wildman–Crippen MR) is 73.7 cm³/mol. The minimum Gasteiger partial charge on any atom is -0.360 e. The normalized spacial score (nSPS) is 11.5. The van der Waals surface area contributed by atoms with E-state index in [-0.39, 0.29) is 0 Å². The van der Waals surface area contributed by atoms with Crippen LogP contribution in [-0.4, -0.2) is 26.4 Å². The van der Waals surface area contributed by atoms with Gasteiger partial charge < -0.3 is 4.52 Å². The van der Waals surface area contributed by atoms with Crippen LogP contribution in [0.4, 0.5) is 0 Å². The van der Waals surface area contributed by atoms with Crippen molar-refractivity contribution in [2.24, 2.45) is 7.05 Å². The van der Waals surface area contributed by atoms with Crippen LogP contribution in [0.1, 0.15) is 35.3 Å². The quantitative estimate of drug-likeness (QED) is 0.830. The lowest BCUT2D eigenvalue weighted by Crippen LogP contribution is -2.22. The van der Waals surface area contributed by atoms with Crippen LogP contribution >= 0.6 is 0 Å². The van der Waals surface area contributed by atoms with Crippen molar-refractivity contribution in [3.05, 3.63) is 34.5 Å². The van der Waals surface area contributed by atoms with Crippen LogP contribution in [0.5, 0.6) is 0 Å². The molecule has 0 aliphatic heterocycles. The molecule has 0 aliphatic rings. The van der Waals surface area contributed by atoms with Gasteiger partial charge in [0, 0.05) is 30.9 Å². The van der Waals surface area contributed by atoms with Gasteiger partial charge in [0.15, 0.2) is 5.76 Å². The maximum absolute atomic E-state index is 5.29. The first kappa shape index (κ1) is 13.8. The highest BCUT2D eigenvalue weighted by Crippen LogP contribution is 2.16. The molecule has 5 heteroatoms. The summed E-state index contributed by atoms with van der Waals surface area (Å²) in [5.74, 6) is 0.915. The van der Waals surface area contributed by atoms with Gasteiger partial charge in [-0.2, -0.15) is 5.10 Å². The third kappa shape index (κ3) is 3.04. The smallest absolute Gasteiger partial charge is 0.150 e. The molecule has 0 aromatic carbocycles. The Bertz CT molecular complexity index is 556. The Kier molecular flexibility index (Phi) is 4.04. The first-order valence-corrected chi connectivity index (χ1v) is 6.64. The summed E-state index contributed by atoms with van der Waals surface area (Å²) in [6.45, 7) is 10.9. The molecule has 2 heterocycles. The summed E-state index contributed by atoms with van der Waals surface area (Å²) < 4.78 is 7.23. The fourth-order valence-corrected chi connectivity index (χ4v) is 2.26. The summed E-state index contributed by atoms with van der Waals surface area (Å²) in [6, 6.07) is 1.99. The Morgan fingerprint density at radius 1 is 1.26 bits per heavy atom. The fraction of sp³-hybridized carbons (Fsp3) is 0.571. The average molecular weight is 262 g/mol. The summed E-state index contributed by atoms with van der Waals surface area (Å²) in [6.07, 6.45) is 0. The van der Waals surface area contributed by atoms with Crippen LogP contribution in [0.15, 0.2) is 10.6 Å². The van der Waals surface area contributed by atoms with Gasteiger partial charge in [0.25, 0.3) is 0 Å². The van der Waals surface area contributed by atoms with E-state index in [0.29, 0.717) is 0 Å². The third-order valence-corrected chi connectivity index (χ3v) is 3.54. The average Bonchev–Trinajstić information content (AvgIpc) is 2.87. The van der Waals surface area contributed by atoms with E-state index in [4.69, 9.17) is 4.52 Å². The Labute approximate surface area is 114 Å². The lowest BCUT2D eigenvalue weighted by molar-refractivity contribution is 0.233. The van der Waals surface area contributed by atoms with E-state index in [9.17, 15) is 0 Å². The number of nitrogens with zero attached hydrogens (tertiary/aromatic N) is 4. The molecule has 0 amide bonds. The van der Waals surface area contributed by atoms with Gasteiger partial charge in [-0.1, -0.05) is 12.1 Å². The zero-order chi connectivity index (χ0) is 14.0. The van der Waals surface area contributed by atoms with Gasteiger partial charge in [0.1, 0.15) is 0 Å². The Morgan fingerprint density at radius 3 is 2.47 bits per heavy atom. The van der Waals surface area contributed by atoms with Crippen molar-refractivity contribution in [1.82, 2.24) is 19.8 Å². The van der Waals surface area contributed by atoms with E-state index in [2.05, 4.69) is 35.9 Å². The Morgan fingerprint density at radius 2 is 2.00 bits per heavy atom. The monoisotopic (exact) mass is 262 g/mol. The highest BCUT2D eigenvalue weighted by atomic mass is 16.5. The van der Waals surface area contributed by atoms with E-state index in [1.807, 2.05) is 24.7 Å².